The van der Waals surface area contributed by atoms with Gasteiger partial charge in [-0.05, 0) is 206 Å². The molecule has 125 heavy (non-hydrogen) atoms. The summed E-state index contributed by atoms with van der Waals surface area (Å²) >= 11 is 0. The topological polar surface area (TPSA) is 186 Å². The summed E-state index contributed by atoms with van der Waals surface area (Å²) < 4.78 is 115. The number of hydrogen-bond donors (Lipinski definition) is 0. The molecular weight excluding hydrogens is 1630 g/mol. The number of carbonyl (C=O) groups excluding carboxylic acids is 8. The van der Waals surface area contributed by atoms with Crippen LogP contribution < -0.4 is 39.1 Å². The third-order valence-corrected chi connectivity index (χ3v) is 32.0. The highest BCUT2D eigenvalue weighted by molar-refractivity contribution is 6.91. The fourth-order valence-electron chi connectivity index (χ4n) is 17.0. The van der Waals surface area contributed by atoms with Gasteiger partial charge in [0, 0.05) is 49.6 Å². The number of ether oxygens (including phenoxy) is 4. The van der Waals surface area contributed by atoms with E-state index in [1.807, 2.05) is 128 Å². The molecule has 4 aliphatic heterocycles. The molecule has 2 saturated heterocycles. The second-order valence-electron chi connectivity index (χ2n) is 35.0. The highest BCUT2D eigenvalue weighted by Crippen LogP contribution is 2.57. The van der Waals surface area contributed by atoms with Crippen molar-refractivity contribution >= 4 is 85.2 Å². The monoisotopic (exact) mass is 1730 g/mol. The molecule has 11 aromatic carbocycles. The predicted octanol–water partition coefficient (Wildman–Crippen LogP) is 22.2. The van der Waals surface area contributed by atoms with Crippen LogP contribution in [-0.4, -0.2) is 99.7 Å². The van der Waals surface area contributed by atoms with Crippen molar-refractivity contribution in [3.8, 4) is 46.0 Å². The van der Waals surface area contributed by atoms with Crippen LogP contribution in [0.4, 0.5) is 37.7 Å². The summed E-state index contributed by atoms with van der Waals surface area (Å²) in [5, 5.41) is 2.81. The van der Waals surface area contributed by atoms with Crippen molar-refractivity contribution < 1.29 is 83.6 Å². The molecule has 4 heterocycles. The van der Waals surface area contributed by atoms with Crippen LogP contribution in [0.3, 0.4) is 0 Å². The van der Waals surface area contributed by atoms with Crippen LogP contribution in [0.15, 0.2) is 255 Å². The van der Waals surface area contributed by atoms with Crippen molar-refractivity contribution in [1.82, 2.24) is 9.80 Å². The van der Waals surface area contributed by atoms with Crippen molar-refractivity contribution in [2.75, 3.05) is 23.9 Å². The summed E-state index contributed by atoms with van der Waals surface area (Å²) in [6, 6.07) is 74.8. The van der Waals surface area contributed by atoms with Gasteiger partial charge in [-0.25, -0.2) is 4.90 Å². The number of aryl methyl sites for hydroxylation is 2. The molecule has 0 saturated carbocycles. The summed E-state index contributed by atoms with van der Waals surface area (Å²) in [6.45, 7) is 22.2. The summed E-state index contributed by atoms with van der Waals surface area (Å²) in [6.07, 6.45) is -8.24. The maximum absolute atomic E-state index is 15.1. The molecule has 0 radical (unpaired) electrons. The number of fused-ring (bicyclic) bond motifs is 2. The molecule has 642 valence electrons. The number of anilines is 2. The Hall–Kier alpha value is -12.8. The van der Waals surface area contributed by atoms with Crippen molar-refractivity contribution in [3.05, 3.63) is 322 Å². The molecular formula is C101H96F6N4O12Si2. The molecule has 0 spiro atoms. The number of amides is 8. The van der Waals surface area contributed by atoms with E-state index in [2.05, 4.69) is 109 Å². The zero-order valence-electron chi connectivity index (χ0n) is 71.5. The van der Waals surface area contributed by atoms with Gasteiger partial charge in [0.25, 0.3) is 23.6 Å². The minimum absolute atomic E-state index is 0.0127. The van der Waals surface area contributed by atoms with E-state index >= 15 is 26.3 Å². The Bertz CT molecular complexity index is 5930. The summed E-state index contributed by atoms with van der Waals surface area (Å²) in [5.74, 6) is 0.234. The fourth-order valence-corrected chi connectivity index (χ4v) is 21.8. The van der Waals surface area contributed by atoms with Gasteiger partial charge in [-0.1, -0.05) is 210 Å². The molecule has 0 aliphatic carbocycles. The number of likely N-dealkylation sites (tertiary alicyclic amines) is 1. The van der Waals surface area contributed by atoms with Crippen LogP contribution in [0.2, 0.25) is 38.3 Å². The molecule has 4 aliphatic rings. The number of hydrogen-bond acceptors (Lipinski definition) is 12. The fraction of sp³-hybridized carbons (Fsp3) is 0.267. The van der Waals surface area contributed by atoms with E-state index in [4.69, 9.17) is 18.9 Å². The standard InChI is InChI=1S/C53H62N2O6Si2.C48H34F6N2O6/c1-37-13-21-43(22-14-37)60-44-23-15-40(16-24-44)53(2,3)41-17-25-45(26-18-41)61-46-27-19-42(20-28-46)55-50(57)36-39(52(55)59)12-10-34-63(7,8)48-31-29-47(30-32-48)62(5,6)33-9-11-38-35-49(56)54(4)51(38)58;1-27-5-15-33(16-6-27)61-34-17-7-28(8-18-34)45(2,3)29-9-19-35(20-10-29)62-36-21-13-32(14-22-36)56-43(59)38-24-12-31(26-40(38)44(56)60)46(47(49,50)51,48(52,53)54)30-11-23-37-39(25-30)42(58)55(4)41(37)57/h13-32,38-39H,9-12,33-36H2,1-8H3;5-26H,1-4H3. The van der Waals surface area contributed by atoms with Gasteiger partial charge in [0.15, 0.2) is 0 Å². The number of alkyl halides is 6. The second-order valence-corrected chi connectivity index (χ2v) is 44.7. The molecule has 0 N–H and O–H groups in total. The highest BCUT2D eigenvalue weighted by Gasteiger charge is 2.73. The first-order valence-electron chi connectivity index (χ1n) is 41.5. The lowest BCUT2D eigenvalue weighted by Crippen LogP contribution is -2.55. The number of halogens is 6. The summed E-state index contributed by atoms with van der Waals surface area (Å²) in [5.41, 5.74) is -3.06. The van der Waals surface area contributed by atoms with E-state index in [0.717, 1.165) is 90.0 Å². The van der Waals surface area contributed by atoms with Gasteiger partial charge >= 0.3 is 12.4 Å². The Morgan fingerprint density at radius 3 is 0.944 bits per heavy atom. The molecule has 8 amide bonds. The Morgan fingerprint density at radius 2 is 0.608 bits per heavy atom. The van der Waals surface area contributed by atoms with Gasteiger partial charge in [-0.2, -0.15) is 26.3 Å². The molecule has 2 unspecified atom stereocenters. The molecule has 16 nitrogen and oxygen atoms in total. The molecule has 0 bridgehead atoms. The van der Waals surface area contributed by atoms with E-state index in [9.17, 15) is 38.4 Å². The SMILES string of the molecule is Cc1ccc(Oc2ccc(C(C)(C)c3ccc(Oc4ccc(N5C(=O)CC(CCC[Si](C)(C)c6ccc([Si](C)(C)CCCC7CC(=O)N(C)C7=O)cc6)C5=O)cc4)cc3)cc2)cc1.Cc1ccc(Oc2ccc(C(C)(C)c3ccc(Oc4ccc(N5C(=O)c6ccc(C(c7ccc8c(c7)C(=O)N(C)C8=O)(C(F)(F)F)C(F)(F)F)cc6C5=O)cc4)cc3)cc2)cc1. The van der Waals surface area contributed by atoms with Crippen LogP contribution in [0, 0.1) is 25.7 Å². The zero-order chi connectivity index (χ0) is 89.6. The lowest BCUT2D eigenvalue weighted by Gasteiger charge is -2.38. The first kappa shape index (κ1) is 88.5. The van der Waals surface area contributed by atoms with E-state index in [1.165, 1.54) is 55.6 Å². The third kappa shape index (κ3) is 18.0. The van der Waals surface area contributed by atoms with Crippen LogP contribution in [-0.2, 0) is 35.4 Å². The quantitative estimate of drug-likeness (QED) is 0.0284. The van der Waals surface area contributed by atoms with Crippen LogP contribution in [0.25, 0.3) is 0 Å². The first-order chi connectivity index (χ1) is 59.1. The minimum atomic E-state index is -6.08. The average Bonchev–Trinajstić information content (AvgIpc) is 1.68. The maximum atomic E-state index is 15.1. The molecule has 2 atom stereocenters. The number of benzene rings is 11. The van der Waals surface area contributed by atoms with Gasteiger partial charge in [-0.15, -0.1) is 0 Å². The van der Waals surface area contributed by atoms with E-state index in [0.29, 0.717) is 81.3 Å². The van der Waals surface area contributed by atoms with Gasteiger partial charge in [0.2, 0.25) is 29.0 Å². The number of nitrogens with zero attached hydrogens (tertiary/aromatic N) is 4. The molecule has 0 aromatic heterocycles. The normalized spacial score (nSPS) is 15.8. The molecule has 11 aromatic rings. The Balaban J connectivity index is 0.000000203. The molecule has 15 rings (SSSR count). The van der Waals surface area contributed by atoms with Gasteiger partial charge in [0.1, 0.15) is 46.0 Å². The smallest absolute Gasteiger partial charge is 0.411 e. The molecule has 24 heteroatoms. The van der Waals surface area contributed by atoms with Crippen molar-refractivity contribution in [2.24, 2.45) is 11.8 Å². The minimum Gasteiger partial charge on any atom is -0.457 e. The lowest BCUT2D eigenvalue weighted by molar-refractivity contribution is -0.288. The molecule has 2 fully saturated rings. The van der Waals surface area contributed by atoms with Crippen molar-refractivity contribution in [2.45, 2.75) is 147 Å². The van der Waals surface area contributed by atoms with Crippen LogP contribution >= 0.6 is 0 Å². The summed E-state index contributed by atoms with van der Waals surface area (Å²) in [7, 11) is -0.859. The van der Waals surface area contributed by atoms with Crippen molar-refractivity contribution in [1.29, 1.82) is 0 Å². The van der Waals surface area contributed by atoms with Gasteiger partial charge < -0.3 is 18.9 Å². The second kappa shape index (κ2) is 34.7. The third-order valence-electron chi connectivity index (χ3n) is 25.0. The first-order valence-corrected chi connectivity index (χ1v) is 47.9. The van der Waals surface area contributed by atoms with Gasteiger partial charge in [0.05, 0.1) is 49.8 Å². The Kier molecular flexibility index (Phi) is 24.6. The van der Waals surface area contributed by atoms with Crippen LogP contribution in [0.5, 0.6) is 46.0 Å². The highest BCUT2D eigenvalue weighted by atomic mass is 28.3. The lowest BCUT2D eigenvalue weighted by atomic mass is 9.71. The van der Waals surface area contributed by atoms with E-state index in [-0.39, 0.29) is 58.6 Å². The van der Waals surface area contributed by atoms with Crippen LogP contribution in [0.1, 0.15) is 152 Å². The number of carbonyl (C=O) groups is 8. The Labute approximate surface area is 724 Å². The largest absolute Gasteiger partial charge is 0.457 e. The average molecular weight is 1730 g/mol. The zero-order valence-corrected chi connectivity index (χ0v) is 73.5. The Morgan fingerprint density at radius 1 is 0.328 bits per heavy atom. The maximum Gasteiger partial charge on any atom is 0.411 e. The van der Waals surface area contributed by atoms with Gasteiger partial charge in [-0.3, -0.25) is 53.1 Å². The number of rotatable bonds is 26. The predicted molar refractivity (Wildman–Crippen MR) is 474 cm³/mol. The van der Waals surface area contributed by atoms with E-state index < -0.39 is 90.8 Å². The van der Waals surface area contributed by atoms with E-state index in [1.54, 1.807) is 31.3 Å². The van der Waals surface area contributed by atoms with Crippen molar-refractivity contribution in [3.63, 3.8) is 0 Å². The summed E-state index contributed by atoms with van der Waals surface area (Å²) in [4.78, 5) is 107. The number of imide groups is 4.